The molecule has 0 saturated heterocycles. The van der Waals surface area contributed by atoms with Crippen LogP contribution in [0.25, 0.3) is 0 Å². The van der Waals surface area contributed by atoms with Crippen molar-refractivity contribution in [1.29, 1.82) is 0 Å². The number of carbonyl (C=O) groups is 1. The van der Waals surface area contributed by atoms with Gasteiger partial charge in [-0.05, 0) is 76.5 Å². The van der Waals surface area contributed by atoms with Gasteiger partial charge in [0.15, 0.2) is 0 Å². The molecule has 5 rings (SSSR count). The molecule has 4 saturated carbocycles. The molecule has 1 N–H and O–H groups in total. The van der Waals surface area contributed by atoms with Gasteiger partial charge in [0.05, 0.1) is 5.69 Å². The number of carbonyl (C=O) groups excluding carboxylic acids is 1. The number of aryl methyl sites for hydroxylation is 2. The zero-order valence-corrected chi connectivity index (χ0v) is 13.7. The van der Waals surface area contributed by atoms with Crippen LogP contribution in [0.4, 0.5) is 0 Å². The van der Waals surface area contributed by atoms with Crippen molar-refractivity contribution in [3.05, 3.63) is 17.0 Å². The van der Waals surface area contributed by atoms with Crippen LogP contribution in [-0.4, -0.2) is 17.6 Å². The van der Waals surface area contributed by atoms with Gasteiger partial charge >= 0.3 is 0 Å². The number of amides is 1. The van der Waals surface area contributed by atoms with E-state index in [0.29, 0.717) is 12.5 Å². The van der Waals surface area contributed by atoms with Crippen molar-refractivity contribution in [3.8, 4) is 0 Å². The van der Waals surface area contributed by atoms with Gasteiger partial charge in [-0.1, -0.05) is 5.16 Å². The number of rotatable bonds is 4. The van der Waals surface area contributed by atoms with Gasteiger partial charge in [0.1, 0.15) is 5.76 Å². The van der Waals surface area contributed by atoms with Crippen molar-refractivity contribution < 1.29 is 9.32 Å². The van der Waals surface area contributed by atoms with Gasteiger partial charge in [0, 0.05) is 17.5 Å². The van der Waals surface area contributed by atoms with Gasteiger partial charge in [-0.15, -0.1) is 0 Å². The topological polar surface area (TPSA) is 55.1 Å². The molecule has 22 heavy (non-hydrogen) atoms. The van der Waals surface area contributed by atoms with Crippen LogP contribution in [0.3, 0.4) is 0 Å². The molecule has 4 aliphatic carbocycles. The molecule has 1 amide bonds. The molecule has 4 nitrogen and oxygen atoms in total. The third-order valence-electron chi connectivity index (χ3n) is 6.36. The Morgan fingerprint density at radius 3 is 2.27 bits per heavy atom. The third-order valence-corrected chi connectivity index (χ3v) is 6.36. The van der Waals surface area contributed by atoms with Crippen molar-refractivity contribution in [2.75, 3.05) is 6.54 Å². The molecule has 120 valence electrons. The first kappa shape index (κ1) is 14.3. The van der Waals surface area contributed by atoms with E-state index in [1.165, 1.54) is 19.3 Å². The average molecular weight is 302 g/mol. The lowest BCUT2D eigenvalue weighted by Gasteiger charge is -2.55. The Hall–Kier alpha value is -1.32. The molecule has 1 heterocycles. The quantitative estimate of drug-likeness (QED) is 0.929. The maximum atomic E-state index is 12.8. The van der Waals surface area contributed by atoms with Crippen LogP contribution in [0.2, 0.25) is 0 Å². The normalized spacial score (nSPS) is 35.8. The van der Waals surface area contributed by atoms with Gasteiger partial charge in [-0.3, -0.25) is 4.79 Å². The fourth-order valence-electron chi connectivity index (χ4n) is 5.74. The minimum atomic E-state index is -0.0342. The predicted octanol–water partition coefficient (Wildman–Crippen LogP) is 3.17. The van der Waals surface area contributed by atoms with Crippen LogP contribution < -0.4 is 5.32 Å². The van der Waals surface area contributed by atoms with E-state index in [4.69, 9.17) is 4.52 Å². The molecule has 4 aliphatic rings. The van der Waals surface area contributed by atoms with Crippen molar-refractivity contribution in [2.24, 2.45) is 23.2 Å². The summed E-state index contributed by atoms with van der Waals surface area (Å²) in [5.74, 6) is 3.65. The smallest absolute Gasteiger partial charge is 0.226 e. The lowest BCUT2D eigenvalue weighted by Crippen LogP contribution is -2.53. The summed E-state index contributed by atoms with van der Waals surface area (Å²) in [4.78, 5) is 12.8. The summed E-state index contributed by atoms with van der Waals surface area (Å²) >= 11 is 0. The number of nitrogens with zero attached hydrogens (tertiary/aromatic N) is 1. The lowest BCUT2D eigenvalue weighted by atomic mass is 9.49. The van der Waals surface area contributed by atoms with Crippen LogP contribution in [0, 0.1) is 37.0 Å². The summed E-state index contributed by atoms with van der Waals surface area (Å²) in [6.07, 6.45) is 8.37. The highest BCUT2D eigenvalue weighted by Crippen LogP contribution is 2.60. The Morgan fingerprint density at radius 2 is 1.77 bits per heavy atom. The Morgan fingerprint density at radius 1 is 1.18 bits per heavy atom. The maximum absolute atomic E-state index is 12.8. The van der Waals surface area contributed by atoms with Crippen LogP contribution >= 0.6 is 0 Å². The highest BCUT2D eigenvalue weighted by Gasteiger charge is 2.54. The standard InChI is InChI=1S/C18H26N2O2/c1-11-16(12(2)22-20-11)3-4-19-17(21)18-8-13-5-14(9-18)7-15(6-13)10-18/h13-15H,3-10H2,1-2H3,(H,19,21). The Balaban J connectivity index is 1.38. The largest absolute Gasteiger partial charge is 0.361 e. The molecule has 0 unspecified atom stereocenters. The molecular formula is C18H26N2O2. The summed E-state index contributed by atoms with van der Waals surface area (Å²) in [7, 11) is 0. The van der Waals surface area contributed by atoms with Crippen molar-refractivity contribution >= 4 is 5.91 Å². The van der Waals surface area contributed by atoms with Crippen LogP contribution in [0.5, 0.6) is 0 Å². The Bertz CT molecular complexity index is 535. The number of nitrogens with one attached hydrogen (secondary N) is 1. The van der Waals surface area contributed by atoms with E-state index in [9.17, 15) is 4.79 Å². The highest BCUT2D eigenvalue weighted by atomic mass is 16.5. The molecule has 0 spiro atoms. The molecule has 0 radical (unpaired) electrons. The molecule has 4 heteroatoms. The second-order valence-electron chi connectivity index (χ2n) is 8.01. The van der Waals surface area contributed by atoms with E-state index < -0.39 is 0 Å². The summed E-state index contributed by atoms with van der Waals surface area (Å²) in [6.45, 7) is 4.60. The van der Waals surface area contributed by atoms with E-state index in [0.717, 1.165) is 60.5 Å². The Labute approximate surface area is 132 Å². The third kappa shape index (κ3) is 2.27. The number of hydrogen-bond acceptors (Lipinski definition) is 3. The van der Waals surface area contributed by atoms with Crippen molar-refractivity contribution in [2.45, 2.75) is 58.8 Å². The zero-order chi connectivity index (χ0) is 15.3. The molecule has 0 aliphatic heterocycles. The van der Waals surface area contributed by atoms with Crippen molar-refractivity contribution in [1.82, 2.24) is 10.5 Å². The SMILES string of the molecule is Cc1noc(C)c1CCNC(=O)C12CC3CC(CC(C3)C1)C2. The fourth-order valence-corrected chi connectivity index (χ4v) is 5.74. The summed E-state index contributed by atoms with van der Waals surface area (Å²) in [5.41, 5.74) is 2.06. The van der Waals surface area contributed by atoms with Crippen LogP contribution in [0.1, 0.15) is 55.5 Å². The van der Waals surface area contributed by atoms with E-state index in [2.05, 4.69) is 10.5 Å². The van der Waals surface area contributed by atoms with Crippen LogP contribution in [-0.2, 0) is 11.2 Å². The average Bonchev–Trinajstić information content (AvgIpc) is 2.77. The second-order valence-corrected chi connectivity index (χ2v) is 8.01. The van der Waals surface area contributed by atoms with E-state index in [-0.39, 0.29) is 5.41 Å². The predicted molar refractivity (Wildman–Crippen MR) is 83.3 cm³/mol. The first-order valence-electron chi connectivity index (χ1n) is 8.76. The van der Waals surface area contributed by atoms with Crippen LogP contribution in [0.15, 0.2) is 4.52 Å². The number of aromatic nitrogens is 1. The fraction of sp³-hybridized carbons (Fsp3) is 0.778. The molecule has 0 atom stereocenters. The monoisotopic (exact) mass is 302 g/mol. The summed E-state index contributed by atoms with van der Waals surface area (Å²) in [5, 5.41) is 7.20. The number of hydrogen-bond donors (Lipinski definition) is 1. The van der Waals surface area contributed by atoms with E-state index in [1.54, 1.807) is 0 Å². The first-order valence-corrected chi connectivity index (χ1v) is 8.76. The van der Waals surface area contributed by atoms with Gasteiger partial charge in [0.25, 0.3) is 0 Å². The van der Waals surface area contributed by atoms with Gasteiger partial charge < -0.3 is 9.84 Å². The van der Waals surface area contributed by atoms with Crippen molar-refractivity contribution in [3.63, 3.8) is 0 Å². The highest BCUT2D eigenvalue weighted by molar-refractivity contribution is 5.83. The summed E-state index contributed by atoms with van der Waals surface area (Å²) in [6, 6.07) is 0. The molecule has 4 fully saturated rings. The van der Waals surface area contributed by atoms with E-state index >= 15 is 0 Å². The van der Waals surface area contributed by atoms with Gasteiger partial charge in [-0.2, -0.15) is 0 Å². The lowest BCUT2D eigenvalue weighted by molar-refractivity contribution is -0.146. The second kappa shape index (κ2) is 5.10. The molecule has 4 bridgehead atoms. The first-order chi connectivity index (χ1) is 10.6. The summed E-state index contributed by atoms with van der Waals surface area (Å²) < 4.78 is 5.19. The zero-order valence-electron chi connectivity index (χ0n) is 13.7. The van der Waals surface area contributed by atoms with Gasteiger partial charge in [0.2, 0.25) is 5.91 Å². The minimum Gasteiger partial charge on any atom is -0.361 e. The maximum Gasteiger partial charge on any atom is 0.226 e. The van der Waals surface area contributed by atoms with E-state index in [1.807, 2.05) is 13.8 Å². The molecule has 1 aromatic rings. The molecular weight excluding hydrogens is 276 g/mol. The molecule has 0 aromatic carbocycles. The Kier molecular flexibility index (Phi) is 3.31. The molecule has 1 aromatic heterocycles. The van der Waals surface area contributed by atoms with Gasteiger partial charge in [-0.25, -0.2) is 0 Å². The minimum absolute atomic E-state index is 0.0342.